The lowest BCUT2D eigenvalue weighted by Crippen LogP contribution is -2.40. The van der Waals surface area contributed by atoms with Crippen molar-refractivity contribution >= 4 is 16.8 Å². The van der Waals surface area contributed by atoms with E-state index >= 15 is 0 Å². The van der Waals surface area contributed by atoms with Crippen molar-refractivity contribution in [1.82, 2.24) is 9.88 Å². The van der Waals surface area contributed by atoms with E-state index in [4.69, 9.17) is 5.73 Å². The fourth-order valence-corrected chi connectivity index (χ4v) is 4.45. The number of H-pyrrole nitrogens is 1. The quantitative estimate of drug-likeness (QED) is 0.890. The summed E-state index contributed by atoms with van der Waals surface area (Å²) in [4.78, 5) is 30.5. The summed E-state index contributed by atoms with van der Waals surface area (Å²) in [6.07, 6.45) is 4.34. The van der Waals surface area contributed by atoms with Crippen LogP contribution >= 0.6 is 0 Å². The van der Waals surface area contributed by atoms with E-state index in [0.717, 1.165) is 24.1 Å². The molecule has 2 saturated heterocycles. The van der Waals surface area contributed by atoms with Crippen LogP contribution in [-0.2, 0) is 0 Å². The van der Waals surface area contributed by atoms with Crippen LogP contribution in [0, 0.1) is 0 Å². The highest BCUT2D eigenvalue weighted by molar-refractivity contribution is 5.97. The third kappa shape index (κ3) is 2.18. The Bertz CT molecular complexity index is 828. The van der Waals surface area contributed by atoms with E-state index in [9.17, 15) is 9.59 Å². The van der Waals surface area contributed by atoms with Gasteiger partial charge in [-0.15, -0.1) is 0 Å². The van der Waals surface area contributed by atoms with Crippen molar-refractivity contribution in [2.75, 3.05) is 7.05 Å². The maximum absolute atomic E-state index is 12.7. The molecule has 2 aliphatic rings. The van der Waals surface area contributed by atoms with Crippen LogP contribution in [-0.4, -0.2) is 34.9 Å². The molecule has 5 heteroatoms. The minimum absolute atomic E-state index is 0.151. The van der Waals surface area contributed by atoms with Crippen LogP contribution < -0.4 is 11.2 Å². The molecule has 1 amide bonds. The number of carbonyl (C=O) groups is 1. The first-order chi connectivity index (χ1) is 11.1. The zero-order chi connectivity index (χ0) is 16.1. The fraction of sp³-hybridized carbons (Fsp3) is 0.444. The van der Waals surface area contributed by atoms with Crippen molar-refractivity contribution < 1.29 is 4.79 Å². The number of aromatic amines is 1. The van der Waals surface area contributed by atoms with Gasteiger partial charge in [0.05, 0.1) is 0 Å². The van der Waals surface area contributed by atoms with Crippen LogP contribution in [0.15, 0.2) is 29.1 Å². The van der Waals surface area contributed by atoms with Gasteiger partial charge in [0.2, 0.25) is 5.43 Å². The molecule has 0 spiro atoms. The van der Waals surface area contributed by atoms with E-state index in [2.05, 4.69) is 16.9 Å². The van der Waals surface area contributed by atoms with Crippen molar-refractivity contribution in [3.05, 3.63) is 45.7 Å². The lowest BCUT2D eigenvalue weighted by Gasteiger charge is -2.36. The van der Waals surface area contributed by atoms with Crippen LogP contribution in [0.2, 0.25) is 0 Å². The number of para-hydroxylation sites is 1. The Morgan fingerprint density at radius 3 is 2.52 bits per heavy atom. The first kappa shape index (κ1) is 14.5. The van der Waals surface area contributed by atoms with Crippen molar-refractivity contribution in [3.8, 4) is 0 Å². The van der Waals surface area contributed by atoms with Crippen LogP contribution in [0.1, 0.15) is 47.7 Å². The van der Waals surface area contributed by atoms with Crippen LogP contribution in [0.4, 0.5) is 0 Å². The lowest BCUT2D eigenvalue weighted by molar-refractivity contribution is 0.0995. The van der Waals surface area contributed by atoms with Crippen LogP contribution in [0.5, 0.6) is 0 Å². The van der Waals surface area contributed by atoms with Gasteiger partial charge < -0.3 is 15.6 Å². The molecular formula is C18H21N3O2. The second-order valence-corrected chi connectivity index (χ2v) is 6.87. The third-order valence-electron chi connectivity index (χ3n) is 5.69. The van der Waals surface area contributed by atoms with Gasteiger partial charge in [0.15, 0.2) is 0 Å². The van der Waals surface area contributed by atoms with Crippen molar-refractivity contribution in [2.24, 2.45) is 5.73 Å². The second kappa shape index (κ2) is 5.20. The number of aromatic nitrogens is 1. The minimum Gasteiger partial charge on any atom is -0.365 e. The molecule has 120 valence electrons. The maximum Gasteiger partial charge on any atom is 0.254 e. The first-order valence-corrected chi connectivity index (χ1v) is 8.23. The largest absolute Gasteiger partial charge is 0.365 e. The van der Waals surface area contributed by atoms with Gasteiger partial charge in [0.1, 0.15) is 5.56 Å². The first-order valence-electron chi connectivity index (χ1n) is 8.23. The highest BCUT2D eigenvalue weighted by Crippen LogP contribution is 2.42. The summed E-state index contributed by atoms with van der Waals surface area (Å²) in [5, 5.41) is 0.529. The highest BCUT2D eigenvalue weighted by atomic mass is 16.2. The van der Waals surface area contributed by atoms with Gasteiger partial charge >= 0.3 is 0 Å². The fourth-order valence-electron chi connectivity index (χ4n) is 4.45. The van der Waals surface area contributed by atoms with Crippen molar-refractivity contribution in [1.29, 1.82) is 0 Å². The number of benzene rings is 1. The van der Waals surface area contributed by atoms with Gasteiger partial charge in [-0.3, -0.25) is 9.59 Å². The van der Waals surface area contributed by atoms with Gasteiger partial charge in [-0.25, -0.2) is 0 Å². The van der Waals surface area contributed by atoms with Crippen LogP contribution in [0.25, 0.3) is 10.9 Å². The topological polar surface area (TPSA) is 79.2 Å². The molecule has 3 heterocycles. The zero-order valence-corrected chi connectivity index (χ0v) is 13.2. The molecule has 2 fully saturated rings. The molecule has 3 N–H and O–H groups in total. The monoisotopic (exact) mass is 311 g/mol. The number of amides is 1. The zero-order valence-electron chi connectivity index (χ0n) is 13.2. The summed E-state index contributed by atoms with van der Waals surface area (Å²) in [5.74, 6) is -0.429. The number of hydrogen-bond donors (Lipinski definition) is 2. The SMILES string of the molecule is CN1C2CCC1CC(c1[nH]c3ccccc3c(=O)c1C(N)=O)C2. The Kier molecular flexibility index (Phi) is 3.27. The van der Waals surface area contributed by atoms with E-state index in [-0.39, 0.29) is 16.9 Å². The second-order valence-electron chi connectivity index (χ2n) is 6.87. The summed E-state index contributed by atoms with van der Waals surface area (Å²) in [6, 6.07) is 8.39. The minimum atomic E-state index is -0.627. The summed E-state index contributed by atoms with van der Waals surface area (Å²) in [7, 11) is 2.18. The highest BCUT2D eigenvalue weighted by Gasteiger charge is 2.40. The standard InChI is InChI=1S/C18H21N3O2/c1-21-11-6-7-12(21)9-10(8-11)16-15(18(19)23)17(22)13-4-2-3-5-14(13)20-16/h2-5,10-12H,6-9H2,1H3,(H2,19,23)(H,20,22). The molecule has 1 aromatic carbocycles. The average Bonchev–Trinajstić information content (AvgIpc) is 2.75. The number of nitrogens with zero attached hydrogens (tertiary/aromatic N) is 1. The number of pyridine rings is 1. The molecule has 4 rings (SSSR count). The van der Waals surface area contributed by atoms with Gasteiger partial charge in [0, 0.05) is 34.6 Å². The number of rotatable bonds is 2. The molecule has 0 radical (unpaired) electrons. The summed E-state index contributed by atoms with van der Waals surface area (Å²) in [6.45, 7) is 0. The Balaban J connectivity index is 1.88. The molecule has 5 nitrogen and oxygen atoms in total. The predicted molar refractivity (Wildman–Crippen MR) is 89.6 cm³/mol. The number of fused-ring (bicyclic) bond motifs is 3. The molecule has 2 unspecified atom stereocenters. The number of hydrogen-bond acceptors (Lipinski definition) is 3. The van der Waals surface area contributed by atoms with Crippen molar-refractivity contribution in [3.63, 3.8) is 0 Å². The molecule has 1 aromatic heterocycles. The van der Waals surface area contributed by atoms with Gasteiger partial charge in [-0.05, 0) is 44.9 Å². The molecular weight excluding hydrogens is 290 g/mol. The van der Waals surface area contributed by atoms with E-state index in [1.807, 2.05) is 12.1 Å². The molecule has 0 aliphatic carbocycles. The number of nitrogens with one attached hydrogen (secondary N) is 1. The Morgan fingerprint density at radius 2 is 1.87 bits per heavy atom. The van der Waals surface area contributed by atoms with E-state index in [1.54, 1.807) is 12.1 Å². The molecule has 2 bridgehead atoms. The lowest BCUT2D eigenvalue weighted by atomic mass is 9.85. The summed E-state index contributed by atoms with van der Waals surface area (Å²) < 4.78 is 0. The van der Waals surface area contributed by atoms with Gasteiger partial charge in [0.25, 0.3) is 5.91 Å². The van der Waals surface area contributed by atoms with E-state index < -0.39 is 5.91 Å². The average molecular weight is 311 g/mol. The van der Waals surface area contributed by atoms with E-state index in [1.165, 1.54) is 12.8 Å². The molecule has 0 saturated carbocycles. The molecule has 2 aromatic rings. The van der Waals surface area contributed by atoms with E-state index in [0.29, 0.717) is 17.5 Å². The maximum atomic E-state index is 12.7. The number of carbonyl (C=O) groups excluding carboxylic acids is 1. The third-order valence-corrected chi connectivity index (χ3v) is 5.69. The Labute approximate surface area is 134 Å². The Hall–Kier alpha value is -2.14. The molecule has 23 heavy (non-hydrogen) atoms. The Morgan fingerprint density at radius 1 is 1.22 bits per heavy atom. The summed E-state index contributed by atoms with van der Waals surface area (Å²) >= 11 is 0. The molecule has 2 aliphatic heterocycles. The van der Waals surface area contributed by atoms with Gasteiger partial charge in [-0.2, -0.15) is 0 Å². The number of primary amides is 1. The number of piperidine rings is 1. The van der Waals surface area contributed by atoms with Gasteiger partial charge in [-0.1, -0.05) is 12.1 Å². The van der Waals surface area contributed by atoms with Crippen LogP contribution in [0.3, 0.4) is 0 Å². The predicted octanol–water partition coefficient (Wildman–Crippen LogP) is 1.97. The molecule has 2 atom stereocenters. The normalized spacial score (nSPS) is 27.4. The smallest absolute Gasteiger partial charge is 0.254 e. The van der Waals surface area contributed by atoms with Crippen molar-refractivity contribution in [2.45, 2.75) is 43.7 Å². The summed E-state index contributed by atoms with van der Waals surface area (Å²) in [5.41, 5.74) is 6.99. The number of nitrogens with two attached hydrogens (primary N) is 1.